The van der Waals surface area contributed by atoms with Crippen molar-refractivity contribution in [1.82, 2.24) is 0 Å². The minimum atomic E-state index is -1.60. The molecule has 1 heterocycles. The van der Waals surface area contributed by atoms with Crippen molar-refractivity contribution in [1.29, 1.82) is 0 Å². The summed E-state index contributed by atoms with van der Waals surface area (Å²) in [7, 11) is 0. The number of ether oxygens (including phenoxy) is 4. The lowest BCUT2D eigenvalue weighted by atomic mass is 9.94. The van der Waals surface area contributed by atoms with E-state index < -0.39 is 41.9 Å². The summed E-state index contributed by atoms with van der Waals surface area (Å²) in [5.41, 5.74) is 8.07. The number of carbonyl (C=O) groups is 3. The van der Waals surface area contributed by atoms with Gasteiger partial charge in [0.1, 0.15) is 24.4 Å². The monoisotopic (exact) mass is 439 g/mol. The Morgan fingerprint density at radius 2 is 1.56 bits per heavy atom. The van der Waals surface area contributed by atoms with Crippen LogP contribution in [-0.4, -0.2) is 48.6 Å². The van der Waals surface area contributed by atoms with Crippen molar-refractivity contribution in [3.63, 3.8) is 0 Å². The van der Waals surface area contributed by atoms with Crippen LogP contribution in [0.1, 0.15) is 34.6 Å². The zero-order valence-electron chi connectivity index (χ0n) is 17.4. The molecule has 0 aromatic heterocycles. The van der Waals surface area contributed by atoms with Crippen molar-refractivity contribution in [3.05, 3.63) is 82.2 Å². The van der Waals surface area contributed by atoms with Gasteiger partial charge >= 0.3 is 17.9 Å². The Kier molecular flexibility index (Phi) is 7.09. The number of rotatable bonds is 7. The van der Waals surface area contributed by atoms with Gasteiger partial charge in [-0.2, -0.15) is 0 Å². The van der Waals surface area contributed by atoms with Crippen LogP contribution in [0.3, 0.4) is 0 Å². The van der Waals surface area contributed by atoms with Gasteiger partial charge in [0, 0.05) is 11.8 Å². The normalized spacial score (nSPS) is 24.1. The van der Waals surface area contributed by atoms with Gasteiger partial charge in [0.05, 0.1) is 11.1 Å². The van der Waals surface area contributed by atoms with E-state index in [0.29, 0.717) is 5.56 Å². The van der Waals surface area contributed by atoms with Gasteiger partial charge in [-0.3, -0.25) is 4.79 Å². The SMILES string of the molecule is CC(=O)OC1O[C@H](COC(=O)c2ccccc2)[C@@H](OC(=O)c2ccccc2)[C@@]1(C)N=[N+]=[N-]. The van der Waals surface area contributed by atoms with Crippen molar-refractivity contribution >= 4 is 17.9 Å². The molecule has 10 heteroatoms. The van der Waals surface area contributed by atoms with Crippen molar-refractivity contribution in [2.24, 2.45) is 5.11 Å². The van der Waals surface area contributed by atoms with Crippen LogP contribution in [0, 0.1) is 0 Å². The first-order valence-electron chi connectivity index (χ1n) is 9.72. The summed E-state index contributed by atoms with van der Waals surface area (Å²) in [6, 6.07) is 16.4. The van der Waals surface area contributed by atoms with Gasteiger partial charge in [-0.25, -0.2) is 9.59 Å². The van der Waals surface area contributed by atoms with Crippen LogP contribution in [0.4, 0.5) is 0 Å². The van der Waals surface area contributed by atoms with Gasteiger partial charge in [-0.05, 0) is 36.7 Å². The fourth-order valence-electron chi connectivity index (χ4n) is 3.27. The van der Waals surface area contributed by atoms with E-state index in [0.717, 1.165) is 6.92 Å². The topological polar surface area (TPSA) is 137 Å². The van der Waals surface area contributed by atoms with E-state index in [-0.39, 0.29) is 12.2 Å². The summed E-state index contributed by atoms with van der Waals surface area (Å²) in [6.45, 7) is 2.25. The molecule has 2 aromatic rings. The lowest BCUT2D eigenvalue weighted by molar-refractivity contribution is -0.182. The molecule has 0 aliphatic carbocycles. The zero-order valence-corrected chi connectivity index (χ0v) is 17.4. The van der Waals surface area contributed by atoms with Crippen molar-refractivity contribution in [2.45, 2.75) is 37.9 Å². The molecule has 2 aromatic carbocycles. The van der Waals surface area contributed by atoms with Gasteiger partial charge in [-0.1, -0.05) is 41.5 Å². The predicted octanol–water partition coefficient (Wildman–Crippen LogP) is 3.43. The van der Waals surface area contributed by atoms with Crippen LogP contribution in [0.15, 0.2) is 65.8 Å². The van der Waals surface area contributed by atoms with Crippen molar-refractivity contribution < 1.29 is 33.3 Å². The maximum atomic E-state index is 12.7. The summed E-state index contributed by atoms with van der Waals surface area (Å²) in [4.78, 5) is 39.4. The molecule has 0 N–H and O–H groups in total. The second-order valence-electron chi connectivity index (χ2n) is 7.19. The van der Waals surface area contributed by atoms with Crippen LogP contribution in [0.25, 0.3) is 10.4 Å². The minimum Gasteiger partial charge on any atom is -0.459 e. The van der Waals surface area contributed by atoms with Crippen molar-refractivity contribution in [2.75, 3.05) is 6.61 Å². The molecule has 0 bridgehead atoms. The van der Waals surface area contributed by atoms with E-state index in [9.17, 15) is 14.4 Å². The molecule has 1 fully saturated rings. The summed E-state index contributed by atoms with van der Waals surface area (Å²) >= 11 is 0. The average molecular weight is 439 g/mol. The maximum absolute atomic E-state index is 12.7. The maximum Gasteiger partial charge on any atom is 0.338 e. The standard InChI is InChI=1S/C22H21N3O7/c1-14(26)30-21-22(2,24-25-23)18(32-20(28)16-11-7-4-8-12-16)17(31-21)13-29-19(27)15-9-5-3-6-10-15/h3-12,17-18,21H,13H2,1-2H3/t17-,18-,21?,22-/m1/s1. The zero-order chi connectivity index (χ0) is 23.1. The highest BCUT2D eigenvalue weighted by Crippen LogP contribution is 2.38. The molecular formula is C22H21N3O7. The lowest BCUT2D eigenvalue weighted by Crippen LogP contribution is -2.48. The van der Waals surface area contributed by atoms with Gasteiger partial charge in [-0.15, -0.1) is 0 Å². The number of carbonyl (C=O) groups excluding carboxylic acids is 3. The molecule has 4 atom stereocenters. The molecule has 3 rings (SSSR count). The van der Waals surface area contributed by atoms with E-state index >= 15 is 0 Å². The molecule has 166 valence electrons. The number of esters is 3. The fourth-order valence-corrected chi connectivity index (χ4v) is 3.27. The highest BCUT2D eigenvalue weighted by atomic mass is 16.7. The lowest BCUT2D eigenvalue weighted by Gasteiger charge is -2.29. The fraction of sp³-hybridized carbons (Fsp3) is 0.318. The summed E-state index contributed by atoms with van der Waals surface area (Å²) in [5, 5.41) is 3.71. The Morgan fingerprint density at radius 1 is 1.00 bits per heavy atom. The van der Waals surface area contributed by atoms with E-state index in [1.807, 2.05) is 0 Å². The second kappa shape index (κ2) is 9.95. The predicted molar refractivity (Wildman–Crippen MR) is 110 cm³/mol. The van der Waals surface area contributed by atoms with Crippen LogP contribution in [0.5, 0.6) is 0 Å². The van der Waals surface area contributed by atoms with Gasteiger partial charge in [0.25, 0.3) is 0 Å². The molecule has 0 radical (unpaired) electrons. The van der Waals surface area contributed by atoms with E-state index in [1.165, 1.54) is 6.92 Å². The molecule has 0 spiro atoms. The molecule has 1 aliphatic heterocycles. The van der Waals surface area contributed by atoms with Crippen molar-refractivity contribution in [3.8, 4) is 0 Å². The van der Waals surface area contributed by atoms with E-state index in [4.69, 9.17) is 24.5 Å². The quantitative estimate of drug-likeness (QED) is 0.212. The highest BCUT2D eigenvalue weighted by Gasteiger charge is 2.58. The number of nitrogens with zero attached hydrogens (tertiary/aromatic N) is 3. The molecule has 32 heavy (non-hydrogen) atoms. The van der Waals surface area contributed by atoms with Gasteiger partial charge in [0.2, 0.25) is 6.29 Å². The number of hydrogen-bond donors (Lipinski definition) is 0. The van der Waals surface area contributed by atoms with Crippen LogP contribution in [0.2, 0.25) is 0 Å². The average Bonchev–Trinajstić information content (AvgIpc) is 3.03. The Hall–Kier alpha value is -3.88. The molecule has 0 saturated carbocycles. The molecule has 1 unspecified atom stereocenters. The Bertz CT molecular complexity index is 1020. The number of hydrogen-bond acceptors (Lipinski definition) is 8. The Morgan fingerprint density at radius 3 is 2.09 bits per heavy atom. The first kappa shape index (κ1) is 22.8. The molecule has 1 saturated heterocycles. The number of azide groups is 1. The summed E-state index contributed by atoms with van der Waals surface area (Å²) < 4.78 is 21.8. The third-order valence-corrected chi connectivity index (χ3v) is 4.85. The van der Waals surface area contributed by atoms with Crippen LogP contribution in [-0.2, 0) is 23.7 Å². The minimum absolute atomic E-state index is 0.256. The number of benzene rings is 2. The highest BCUT2D eigenvalue weighted by molar-refractivity contribution is 5.90. The Labute approximate surface area is 183 Å². The molecular weight excluding hydrogens is 418 g/mol. The van der Waals surface area contributed by atoms with Crippen LogP contribution >= 0.6 is 0 Å². The van der Waals surface area contributed by atoms with E-state index in [2.05, 4.69) is 10.0 Å². The first-order chi connectivity index (χ1) is 15.3. The molecule has 10 nitrogen and oxygen atoms in total. The smallest absolute Gasteiger partial charge is 0.338 e. The molecule has 1 aliphatic rings. The van der Waals surface area contributed by atoms with Gasteiger partial charge < -0.3 is 18.9 Å². The summed E-state index contributed by atoms with van der Waals surface area (Å²) in [5.74, 6) is -2.02. The Balaban J connectivity index is 1.86. The largest absolute Gasteiger partial charge is 0.459 e. The first-order valence-corrected chi connectivity index (χ1v) is 9.72. The van der Waals surface area contributed by atoms with Gasteiger partial charge in [0.15, 0.2) is 0 Å². The third-order valence-electron chi connectivity index (χ3n) is 4.85. The van der Waals surface area contributed by atoms with E-state index in [1.54, 1.807) is 60.7 Å². The van der Waals surface area contributed by atoms with Crippen LogP contribution < -0.4 is 0 Å². The third kappa shape index (κ3) is 5.05. The second-order valence-corrected chi connectivity index (χ2v) is 7.19. The molecule has 0 amide bonds. The summed E-state index contributed by atoms with van der Waals surface area (Å²) in [6.07, 6.45) is -3.63.